The zero-order valence-corrected chi connectivity index (χ0v) is 9.86. The van der Waals surface area contributed by atoms with E-state index in [9.17, 15) is 0 Å². The third kappa shape index (κ3) is 2.58. The molecular weight excluding hydrogens is 190 g/mol. The molecule has 0 unspecified atom stereocenters. The predicted molar refractivity (Wildman–Crippen MR) is 62.9 cm³/mol. The van der Waals surface area contributed by atoms with Crippen LogP contribution in [0.3, 0.4) is 0 Å². The lowest BCUT2D eigenvalue weighted by Crippen LogP contribution is -2.33. The Bertz CT molecular complexity index is 273. The number of hydrogen-bond donors (Lipinski definition) is 1. The number of rotatable bonds is 5. The van der Waals surface area contributed by atoms with Crippen molar-refractivity contribution in [2.24, 2.45) is 5.92 Å². The van der Waals surface area contributed by atoms with Crippen LogP contribution in [-0.2, 0) is 5.41 Å². The van der Waals surface area contributed by atoms with Gasteiger partial charge >= 0.3 is 0 Å². The van der Waals surface area contributed by atoms with Crippen LogP contribution >= 0.6 is 11.3 Å². The lowest BCUT2D eigenvalue weighted by Gasteiger charge is -2.23. The first-order valence-corrected chi connectivity index (χ1v) is 6.31. The van der Waals surface area contributed by atoms with Crippen LogP contribution in [0.4, 0.5) is 0 Å². The molecule has 0 aromatic carbocycles. The summed E-state index contributed by atoms with van der Waals surface area (Å²) in [5.41, 5.74) is 0.295. The molecule has 1 aliphatic carbocycles. The minimum atomic E-state index is 0.295. The molecule has 0 aliphatic heterocycles. The van der Waals surface area contributed by atoms with Gasteiger partial charge in [0.1, 0.15) is 0 Å². The molecule has 0 bridgehead atoms. The van der Waals surface area contributed by atoms with E-state index in [0.29, 0.717) is 5.41 Å². The smallest absolute Gasteiger partial charge is 0.0115 e. The molecule has 1 aromatic heterocycles. The van der Waals surface area contributed by atoms with E-state index in [-0.39, 0.29) is 0 Å². The molecule has 0 amide bonds. The quantitative estimate of drug-likeness (QED) is 0.786. The van der Waals surface area contributed by atoms with E-state index in [1.165, 1.54) is 24.3 Å². The van der Waals surface area contributed by atoms with Crippen molar-refractivity contribution >= 4 is 11.3 Å². The molecule has 2 rings (SSSR count). The molecule has 1 saturated carbocycles. The van der Waals surface area contributed by atoms with E-state index < -0.39 is 0 Å². The summed E-state index contributed by atoms with van der Waals surface area (Å²) >= 11 is 1.86. The fourth-order valence-electron chi connectivity index (χ4n) is 1.66. The van der Waals surface area contributed by atoms with Crippen molar-refractivity contribution in [1.82, 2.24) is 5.32 Å². The van der Waals surface area contributed by atoms with Crippen LogP contribution in [0.25, 0.3) is 0 Å². The second-order valence-electron chi connectivity index (χ2n) is 4.94. The minimum absolute atomic E-state index is 0.295. The fourth-order valence-corrected chi connectivity index (χ4v) is 2.51. The molecular formula is C12H19NS. The van der Waals surface area contributed by atoms with E-state index in [1.54, 1.807) is 0 Å². The zero-order valence-electron chi connectivity index (χ0n) is 9.05. The van der Waals surface area contributed by atoms with Gasteiger partial charge in [0.2, 0.25) is 0 Å². The molecule has 1 aliphatic rings. The van der Waals surface area contributed by atoms with Gasteiger partial charge in [-0.05, 0) is 36.8 Å². The van der Waals surface area contributed by atoms with Gasteiger partial charge in [-0.2, -0.15) is 0 Å². The third-order valence-electron chi connectivity index (χ3n) is 2.89. The second-order valence-corrected chi connectivity index (χ2v) is 5.88. The van der Waals surface area contributed by atoms with Gasteiger partial charge in [0.25, 0.3) is 0 Å². The topological polar surface area (TPSA) is 12.0 Å². The van der Waals surface area contributed by atoms with Gasteiger partial charge < -0.3 is 5.32 Å². The highest BCUT2D eigenvalue weighted by molar-refractivity contribution is 7.10. The average molecular weight is 209 g/mol. The fraction of sp³-hybridized carbons (Fsp3) is 0.667. The molecule has 14 heavy (non-hydrogen) atoms. The Labute approximate surface area is 90.5 Å². The Morgan fingerprint density at radius 2 is 2.29 bits per heavy atom. The molecule has 78 valence electrons. The van der Waals surface area contributed by atoms with E-state index in [2.05, 4.69) is 36.7 Å². The number of thiophene rings is 1. The van der Waals surface area contributed by atoms with Gasteiger partial charge in [0, 0.05) is 16.8 Å². The van der Waals surface area contributed by atoms with Crippen molar-refractivity contribution < 1.29 is 0 Å². The summed E-state index contributed by atoms with van der Waals surface area (Å²) in [5.74, 6) is 0.981. The van der Waals surface area contributed by atoms with Gasteiger partial charge in [-0.25, -0.2) is 0 Å². The first-order valence-electron chi connectivity index (χ1n) is 5.43. The molecule has 0 saturated heterocycles. The highest BCUT2D eigenvalue weighted by atomic mass is 32.1. The van der Waals surface area contributed by atoms with Crippen molar-refractivity contribution in [3.63, 3.8) is 0 Å². The molecule has 1 nitrogen and oxygen atoms in total. The van der Waals surface area contributed by atoms with E-state index in [4.69, 9.17) is 0 Å². The van der Waals surface area contributed by atoms with E-state index in [0.717, 1.165) is 12.5 Å². The van der Waals surface area contributed by atoms with Crippen molar-refractivity contribution in [2.75, 3.05) is 13.1 Å². The van der Waals surface area contributed by atoms with Gasteiger partial charge in [-0.15, -0.1) is 11.3 Å². The SMILES string of the molecule is CC(C)(CNCC1CC1)c1cccs1. The van der Waals surface area contributed by atoms with Crippen LogP contribution < -0.4 is 5.32 Å². The average Bonchev–Trinajstić information content (AvgIpc) is 2.80. The van der Waals surface area contributed by atoms with Crippen LogP contribution in [0.1, 0.15) is 31.6 Å². The Balaban J connectivity index is 1.81. The monoisotopic (exact) mass is 209 g/mol. The van der Waals surface area contributed by atoms with E-state index >= 15 is 0 Å². The van der Waals surface area contributed by atoms with Crippen molar-refractivity contribution in [2.45, 2.75) is 32.1 Å². The molecule has 0 radical (unpaired) electrons. The standard InChI is InChI=1S/C12H19NS/c1-12(2,11-4-3-7-14-11)9-13-8-10-5-6-10/h3-4,7,10,13H,5-6,8-9H2,1-2H3. The Morgan fingerprint density at radius 3 is 2.86 bits per heavy atom. The Kier molecular flexibility index (Phi) is 2.93. The maximum atomic E-state index is 3.58. The molecule has 1 heterocycles. The molecule has 2 heteroatoms. The molecule has 1 aromatic rings. The van der Waals surface area contributed by atoms with Crippen LogP contribution in [0, 0.1) is 5.92 Å². The normalized spacial score (nSPS) is 17.3. The maximum Gasteiger partial charge on any atom is 0.0115 e. The largest absolute Gasteiger partial charge is 0.316 e. The van der Waals surface area contributed by atoms with Crippen LogP contribution in [-0.4, -0.2) is 13.1 Å². The zero-order chi connectivity index (χ0) is 10.0. The molecule has 0 atom stereocenters. The third-order valence-corrected chi connectivity index (χ3v) is 4.12. The summed E-state index contributed by atoms with van der Waals surface area (Å²) in [6.45, 7) is 6.95. The molecule has 0 spiro atoms. The van der Waals surface area contributed by atoms with Gasteiger partial charge in [-0.1, -0.05) is 19.9 Å². The second kappa shape index (κ2) is 4.03. The lowest BCUT2D eigenvalue weighted by atomic mass is 9.91. The minimum Gasteiger partial charge on any atom is -0.316 e. The molecule has 1 N–H and O–H groups in total. The van der Waals surface area contributed by atoms with Crippen LogP contribution in [0.2, 0.25) is 0 Å². The summed E-state index contributed by atoms with van der Waals surface area (Å²) < 4.78 is 0. The van der Waals surface area contributed by atoms with Crippen molar-refractivity contribution in [3.05, 3.63) is 22.4 Å². The summed E-state index contributed by atoms with van der Waals surface area (Å²) in [6.07, 6.45) is 2.87. The first kappa shape index (κ1) is 10.2. The number of nitrogens with one attached hydrogen (secondary N) is 1. The summed E-state index contributed by atoms with van der Waals surface area (Å²) in [4.78, 5) is 1.49. The summed E-state index contributed by atoms with van der Waals surface area (Å²) in [5, 5.41) is 5.75. The van der Waals surface area contributed by atoms with Gasteiger partial charge in [0.05, 0.1) is 0 Å². The summed E-state index contributed by atoms with van der Waals surface area (Å²) in [7, 11) is 0. The lowest BCUT2D eigenvalue weighted by molar-refractivity contribution is 0.469. The first-order chi connectivity index (χ1) is 6.68. The number of hydrogen-bond acceptors (Lipinski definition) is 2. The van der Waals surface area contributed by atoms with Crippen molar-refractivity contribution in [1.29, 1.82) is 0 Å². The summed E-state index contributed by atoms with van der Waals surface area (Å²) in [6, 6.07) is 4.38. The van der Waals surface area contributed by atoms with Crippen LogP contribution in [0.15, 0.2) is 17.5 Å². The molecule has 1 fully saturated rings. The van der Waals surface area contributed by atoms with Gasteiger partial charge in [0.15, 0.2) is 0 Å². The van der Waals surface area contributed by atoms with Gasteiger partial charge in [-0.3, -0.25) is 0 Å². The predicted octanol–water partition coefficient (Wildman–Crippen LogP) is 3.03. The van der Waals surface area contributed by atoms with Crippen molar-refractivity contribution in [3.8, 4) is 0 Å². The highest BCUT2D eigenvalue weighted by Crippen LogP contribution is 2.29. The Hall–Kier alpha value is -0.340. The van der Waals surface area contributed by atoms with E-state index in [1.807, 2.05) is 11.3 Å². The Morgan fingerprint density at radius 1 is 1.50 bits per heavy atom. The maximum absolute atomic E-state index is 3.58. The van der Waals surface area contributed by atoms with Crippen LogP contribution in [0.5, 0.6) is 0 Å². The highest BCUT2D eigenvalue weighted by Gasteiger charge is 2.24.